The van der Waals surface area contributed by atoms with Crippen molar-refractivity contribution in [2.45, 2.75) is 77.4 Å². The van der Waals surface area contributed by atoms with Crippen molar-refractivity contribution in [3.05, 3.63) is 91.2 Å². The number of hydrogen-bond donors (Lipinski definition) is 0. The van der Waals surface area contributed by atoms with Crippen molar-refractivity contribution in [3.8, 4) is 0 Å². The third-order valence-corrected chi connectivity index (χ3v) is 16.1. The van der Waals surface area contributed by atoms with Gasteiger partial charge in [-0.3, -0.25) is 29.9 Å². The molecule has 5 rings (SSSR count). The third kappa shape index (κ3) is 8.20. The Kier molecular flexibility index (Phi) is 12.3. The highest BCUT2D eigenvalue weighted by atomic mass is 28.4. The van der Waals surface area contributed by atoms with Crippen LogP contribution in [0.15, 0.2) is 59.8 Å². The van der Waals surface area contributed by atoms with Gasteiger partial charge in [0.2, 0.25) is 5.91 Å². The van der Waals surface area contributed by atoms with Gasteiger partial charge in [0, 0.05) is 62.9 Å². The van der Waals surface area contributed by atoms with Crippen molar-refractivity contribution in [1.82, 2.24) is 14.7 Å². The molecule has 0 N–H and O–H groups in total. The number of non-ortho nitro benzene ring substituents is 2. The second-order valence-electron chi connectivity index (χ2n) is 14.2. The summed E-state index contributed by atoms with van der Waals surface area (Å²) in [4.78, 5) is 91.9. The maximum Gasteiger partial charge on any atom is 0.417 e. The molecule has 55 heavy (non-hydrogen) atoms. The number of carbonyl (C=O) groups excluding carboxylic acids is 5. The van der Waals surface area contributed by atoms with E-state index in [1.165, 1.54) is 41.1 Å². The molecule has 2 saturated heterocycles. The number of ether oxygens (including phenoxy) is 2. The molecule has 2 amide bonds. The third-order valence-electron chi connectivity index (χ3n) is 11.3. The fourth-order valence-corrected chi connectivity index (χ4v) is 10.7. The van der Waals surface area contributed by atoms with E-state index in [4.69, 9.17) is 13.9 Å². The molecule has 2 fully saturated rings. The average molecular weight is 780 g/mol. The minimum atomic E-state index is -2.10. The lowest BCUT2D eigenvalue weighted by Crippen LogP contribution is -2.65. The number of fused-ring (bicyclic) bond motifs is 1. The minimum absolute atomic E-state index is 0.0293. The van der Waals surface area contributed by atoms with E-state index in [1.54, 1.807) is 0 Å². The van der Waals surface area contributed by atoms with Gasteiger partial charge in [-0.2, -0.15) is 0 Å². The van der Waals surface area contributed by atoms with Crippen molar-refractivity contribution < 1.29 is 47.7 Å². The summed E-state index contributed by atoms with van der Waals surface area (Å²) in [5.74, 6) is -4.17. The minimum Gasteiger partial charge on any atom is -0.413 e. The highest BCUT2D eigenvalue weighted by Crippen LogP contribution is 2.49. The van der Waals surface area contributed by atoms with E-state index in [-0.39, 0.29) is 52.6 Å². The standard InChI is InChI=1S/C37H45N5O12Si/c1-7-55(8-2,9-3)54-23(5)30-31-22(4)29(32(40(31)33(30)43)36(46)52-34(44)24-10-14-26(15-11-24)41(48)49)21-39-19-18-28(20-39)38(6)37(47)53-35(45)25-12-16-27(17-13-25)42(50)51/h10-17,22-23,28,30-31H,7-9,18-21H2,1-6H3/t22-,23+,28-,30?,31+/m0/s1. The summed E-state index contributed by atoms with van der Waals surface area (Å²) < 4.78 is 17.1. The summed E-state index contributed by atoms with van der Waals surface area (Å²) >= 11 is 0. The monoisotopic (exact) mass is 779 g/mol. The van der Waals surface area contributed by atoms with Crippen molar-refractivity contribution in [3.63, 3.8) is 0 Å². The van der Waals surface area contributed by atoms with E-state index in [0.717, 1.165) is 42.4 Å². The molecule has 1 unspecified atom stereocenters. The van der Waals surface area contributed by atoms with Crippen molar-refractivity contribution >= 4 is 49.6 Å². The Bertz CT molecular complexity index is 1890. The highest BCUT2D eigenvalue weighted by molar-refractivity contribution is 6.73. The molecule has 2 aromatic rings. The van der Waals surface area contributed by atoms with Gasteiger partial charge in [0.05, 0.1) is 39.0 Å². The molecule has 3 aliphatic heterocycles. The van der Waals surface area contributed by atoms with Crippen LogP contribution in [0.1, 0.15) is 61.8 Å². The first-order valence-electron chi connectivity index (χ1n) is 18.3. The normalized spacial score (nSPS) is 21.4. The predicted octanol–water partition coefficient (Wildman–Crippen LogP) is 5.31. The molecule has 294 valence electrons. The molecule has 0 aliphatic carbocycles. The van der Waals surface area contributed by atoms with E-state index >= 15 is 0 Å². The van der Waals surface area contributed by atoms with Gasteiger partial charge in [0.15, 0.2) is 8.32 Å². The number of nitro groups is 2. The van der Waals surface area contributed by atoms with Gasteiger partial charge in [-0.1, -0.05) is 27.7 Å². The van der Waals surface area contributed by atoms with Crippen LogP contribution in [0, 0.1) is 32.1 Å². The molecule has 17 nitrogen and oxygen atoms in total. The Labute approximate surface area is 318 Å². The molecule has 2 aromatic carbocycles. The number of carbonyl (C=O) groups is 5. The number of esters is 3. The lowest BCUT2D eigenvalue weighted by atomic mass is 9.77. The SMILES string of the molecule is CC[Si](CC)(CC)O[C@H](C)C1C(=O)N2C(C(=O)OC(=O)c3ccc([N+](=O)[O-])cc3)=C(CN3CC[C@H](N(C)C(=O)OC(=O)c4ccc([N+](=O)[O-])cc4)C3)[C@H](C)[C@H]12. The Balaban J connectivity index is 1.33. The molecule has 0 saturated carbocycles. The highest BCUT2D eigenvalue weighted by Gasteiger charge is 2.61. The second-order valence-corrected chi connectivity index (χ2v) is 18.9. The zero-order chi connectivity index (χ0) is 40.4. The van der Waals surface area contributed by atoms with Crippen LogP contribution >= 0.6 is 0 Å². The number of amides is 2. The zero-order valence-electron chi connectivity index (χ0n) is 31.6. The van der Waals surface area contributed by atoms with Crippen molar-refractivity contribution in [2.24, 2.45) is 11.8 Å². The van der Waals surface area contributed by atoms with Crippen LogP contribution in [0.4, 0.5) is 16.2 Å². The van der Waals surface area contributed by atoms with E-state index in [2.05, 4.69) is 20.8 Å². The van der Waals surface area contributed by atoms with E-state index < -0.39 is 60.2 Å². The van der Waals surface area contributed by atoms with Gasteiger partial charge in [0.1, 0.15) is 5.70 Å². The summed E-state index contributed by atoms with van der Waals surface area (Å²) in [7, 11) is -0.608. The summed E-state index contributed by atoms with van der Waals surface area (Å²) in [6, 6.07) is 11.2. The lowest BCUT2D eigenvalue weighted by Gasteiger charge is -2.49. The first-order chi connectivity index (χ1) is 26.1. The quantitative estimate of drug-likeness (QED) is 0.0595. The Hall–Kier alpha value is -5.33. The first kappa shape index (κ1) is 40.8. The lowest BCUT2D eigenvalue weighted by molar-refractivity contribution is -0.385. The number of nitro benzene ring substituents is 2. The topological polar surface area (TPSA) is 209 Å². The van der Waals surface area contributed by atoms with Crippen LogP contribution in [0.25, 0.3) is 0 Å². The number of β-lactam (4-membered cyclic amide) rings is 1. The van der Waals surface area contributed by atoms with Crippen LogP contribution in [0.5, 0.6) is 0 Å². The summed E-state index contributed by atoms with van der Waals surface area (Å²) in [6.07, 6.45) is -0.824. The van der Waals surface area contributed by atoms with Gasteiger partial charge in [-0.15, -0.1) is 0 Å². The number of likely N-dealkylation sites (tertiary alicyclic amines) is 1. The average Bonchev–Trinajstić information content (AvgIpc) is 3.74. The Morgan fingerprint density at radius 2 is 1.38 bits per heavy atom. The Morgan fingerprint density at radius 1 is 0.873 bits per heavy atom. The molecule has 3 heterocycles. The Morgan fingerprint density at radius 3 is 1.87 bits per heavy atom. The zero-order valence-corrected chi connectivity index (χ0v) is 32.6. The second kappa shape index (κ2) is 16.6. The van der Waals surface area contributed by atoms with Gasteiger partial charge >= 0.3 is 24.0 Å². The number of nitrogens with zero attached hydrogens (tertiary/aromatic N) is 5. The van der Waals surface area contributed by atoms with Crippen molar-refractivity contribution in [2.75, 3.05) is 26.7 Å². The van der Waals surface area contributed by atoms with Crippen LogP contribution in [-0.4, -0.2) is 108 Å². The van der Waals surface area contributed by atoms with Gasteiger partial charge < -0.3 is 23.7 Å². The summed E-state index contributed by atoms with van der Waals surface area (Å²) in [5, 5.41) is 22.0. The molecule has 0 radical (unpaired) electrons. The first-order valence-corrected chi connectivity index (χ1v) is 20.8. The molecule has 18 heteroatoms. The van der Waals surface area contributed by atoms with Gasteiger partial charge in [0.25, 0.3) is 11.4 Å². The molecule has 5 atom stereocenters. The number of rotatable bonds is 14. The van der Waals surface area contributed by atoms with Crippen LogP contribution in [0.2, 0.25) is 18.1 Å². The molecule has 0 bridgehead atoms. The maximum absolute atomic E-state index is 13.9. The summed E-state index contributed by atoms with van der Waals surface area (Å²) in [6.45, 7) is 11.1. The van der Waals surface area contributed by atoms with Crippen LogP contribution in [0.3, 0.4) is 0 Å². The molecule has 0 aromatic heterocycles. The van der Waals surface area contributed by atoms with E-state index in [9.17, 15) is 44.2 Å². The molecule has 0 spiro atoms. The van der Waals surface area contributed by atoms with Crippen LogP contribution in [-0.2, 0) is 23.5 Å². The predicted molar refractivity (Wildman–Crippen MR) is 198 cm³/mol. The summed E-state index contributed by atoms with van der Waals surface area (Å²) in [5.41, 5.74) is -0.0174. The molecule has 3 aliphatic rings. The fraction of sp³-hybridized carbons (Fsp3) is 0.486. The van der Waals surface area contributed by atoms with Gasteiger partial charge in [-0.05, 0) is 61.3 Å². The molecular weight excluding hydrogens is 735 g/mol. The molecular formula is C37H45N5O12Si. The number of likely N-dealkylation sites (N-methyl/N-ethyl adjacent to an activating group) is 1. The largest absolute Gasteiger partial charge is 0.417 e. The van der Waals surface area contributed by atoms with E-state index in [1.807, 2.05) is 18.7 Å². The van der Waals surface area contributed by atoms with Crippen molar-refractivity contribution in [1.29, 1.82) is 0 Å². The number of hydrogen-bond acceptors (Lipinski definition) is 13. The van der Waals surface area contributed by atoms with Crippen LogP contribution < -0.4 is 0 Å². The number of benzene rings is 2. The fourth-order valence-electron chi connectivity index (χ4n) is 7.80. The smallest absolute Gasteiger partial charge is 0.413 e. The maximum atomic E-state index is 13.9. The van der Waals surface area contributed by atoms with E-state index in [0.29, 0.717) is 25.1 Å². The van der Waals surface area contributed by atoms with Gasteiger partial charge in [-0.25, -0.2) is 19.2 Å².